The van der Waals surface area contributed by atoms with Crippen molar-refractivity contribution < 1.29 is 24.2 Å². The van der Waals surface area contributed by atoms with Crippen molar-refractivity contribution in [3.05, 3.63) is 0 Å². The van der Waals surface area contributed by atoms with E-state index in [-0.39, 0.29) is 6.54 Å². The molecule has 0 bridgehead atoms. The second kappa shape index (κ2) is 4.24. The third-order valence-electron chi connectivity index (χ3n) is 1.84. The first-order valence-corrected chi connectivity index (χ1v) is 4.14. The van der Waals surface area contributed by atoms with Crippen LogP contribution in [0.25, 0.3) is 0 Å². The van der Waals surface area contributed by atoms with E-state index in [1.54, 1.807) is 0 Å². The Bertz CT molecular complexity index is 305. The molecule has 1 aliphatic rings. The van der Waals surface area contributed by atoms with Crippen LogP contribution in [-0.2, 0) is 19.1 Å². The molecule has 6 N–H and O–H groups in total. The van der Waals surface area contributed by atoms with Crippen molar-refractivity contribution >= 4 is 17.8 Å². The summed E-state index contributed by atoms with van der Waals surface area (Å²) < 4.78 is 4.66. The van der Waals surface area contributed by atoms with Gasteiger partial charge in [0.15, 0.2) is 12.2 Å². The van der Waals surface area contributed by atoms with Gasteiger partial charge in [0.05, 0.1) is 0 Å². The molecule has 0 spiro atoms. The number of carboxylic acids is 1. The van der Waals surface area contributed by atoms with Gasteiger partial charge in [-0.3, -0.25) is 14.4 Å². The number of carboxylic acid groups (broad SMARTS) is 1. The maximum absolute atomic E-state index is 11.2. The van der Waals surface area contributed by atoms with Gasteiger partial charge < -0.3 is 26.6 Å². The molecule has 1 heterocycles. The Morgan fingerprint density at radius 1 is 1.40 bits per heavy atom. The van der Waals surface area contributed by atoms with Crippen molar-refractivity contribution in [1.29, 1.82) is 0 Å². The lowest BCUT2D eigenvalue weighted by Gasteiger charge is -2.06. The summed E-state index contributed by atoms with van der Waals surface area (Å²) in [6.45, 7) is -0.223. The number of primary amides is 1. The summed E-state index contributed by atoms with van der Waals surface area (Å²) in [6.07, 6.45) is -1.82. The molecular formula is C7H11N3O5. The van der Waals surface area contributed by atoms with E-state index >= 15 is 0 Å². The topological polar surface area (TPSA) is 148 Å². The Labute approximate surface area is 84.5 Å². The van der Waals surface area contributed by atoms with Crippen LogP contribution in [-0.4, -0.2) is 47.7 Å². The molecule has 0 saturated carbocycles. The number of nitrogens with one attached hydrogen (secondary N) is 1. The van der Waals surface area contributed by atoms with E-state index in [9.17, 15) is 14.4 Å². The van der Waals surface area contributed by atoms with Crippen molar-refractivity contribution in [3.8, 4) is 0 Å². The smallest absolute Gasteiger partial charge is 0.322 e. The van der Waals surface area contributed by atoms with Crippen LogP contribution in [0.2, 0.25) is 0 Å². The van der Waals surface area contributed by atoms with Gasteiger partial charge in [-0.1, -0.05) is 0 Å². The standard InChI is InChI=1S/C7H11N3O5/c8-2(7(13)14)1-10-6(12)4-3(15-4)5(9)11/h2-4H,1,8H2,(H2,9,11)(H,10,12)(H,13,14)/t2?,3?,4-/m1/s1. The number of carbonyl (C=O) groups is 3. The molecule has 1 rings (SSSR count). The van der Waals surface area contributed by atoms with E-state index in [0.717, 1.165) is 0 Å². The van der Waals surface area contributed by atoms with E-state index < -0.39 is 36.0 Å². The molecule has 1 fully saturated rings. The molecule has 84 valence electrons. The molecule has 2 amide bonds. The number of ether oxygens (including phenoxy) is 1. The predicted molar refractivity (Wildman–Crippen MR) is 46.5 cm³/mol. The van der Waals surface area contributed by atoms with Gasteiger partial charge in [-0.15, -0.1) is 0 Å². The van der Waals surface area contributed by atoms with Crippen molar-refractivity contribution in [2.75, 3.05) is 6.54 Å². The van der Waals surface area contributed by atoms with Crippen molar-refractivity contribution in [2.24, 2.45) is 11.5 Å². The van der Waals surface area contributed by atoms with Crippen molar-refractivity contribution in [3.63, 3.8) is 0 Å². The molecule has 15 heavy (non-hydrogen) atoms. The number of carbonyl (C=O) groups excluding carboxylic acids is 2. The van der Waals surface area contributed by atoms with Crippen LogP contribution in [0, 0.1) is 0 Å². The van der Waals surface area contributed by atoms with Crippen LogP contribution in [0.3, 0.4) is 0 Å². The fourth-order valence-electron chi connectivity index (χ4n) is 0.927. The van der Waals surface area contributed by atoms with Crippen LogP contribution in [0.4, 0.5) is 0 Å². The number of hydrogen-bond acceptors (Lipinski definition) is 5. The minimum atomic E-state index is -1.22. The first-order valence-electron chi connectivity index (χ1n) is 4.14. The largest absolute Gasteiger partial charge is 0.480 e. The normalized spacial score (nSPS) is 25.4. The molecule has 1 aliphatic heterocycles. The van der Waals surface area contributed by atoms with E-state index in [0.29, 0.717) is 0 Å². The van der Waals surface area contributed by atoms with Crippen LogP contribution < -0.4 is 16.8 Å². The van der Waals surface area contributed by atoms with Gasteiger partial charge in [-0.25, -0.2) is 0 Å². The molecule has 8 nitrogen and oxygen atoms in total. The monoisotopic (exact) mass is 217 g/mol. The number of hydrogen-bond donors (Lipinski definition) is 4. The first-order chi connectivity index (χ1) is 6.93. The van der Waals surface area contributed by atoms with E-state index in [2.05, 4.69) is 10.1 Å². The molecule has 0 aromatic heterocycles. The van der Waals surface area contributed by atoms with Gasteiger partial charge in [0, 0.05) is 6.54 Å². The van der Waals surface area contributed by atoms with Gasteiger partial charge in [0.1, 0.15) is 6.04 Å². The van der Waals surface area contributed by atoms with E-state index in [1.165, 1.54) is 0 Å². The zero-order valence-corrected chi connectivity index (χ0v) is 7.67. The number of amides is 2. The number of rotatable bonds is 5. The molecule has 8 heteroatoms. The highest BCUT2D eigenvalue weighted by molar-refractivity contribution is 5.94. The molecule has 1 saturated heterocycles. The molecule has 3 atom stereocenters. The lowest BCUT2D eigenvalue weighted by Crippen LogP contribution is -2.44. The lowest BCUT2D eigenvalue weighted by molar-refractivity contribution is -0.138. The molecule has 2 unspecified atom stereocenters. The maximum Gasteiger partial charge on any atom is 0.322 e. The Balaban J connectivity index is 2.27. The highest BCUT2D eigenvalue weighted by atomic mass is 16.6. The lowest BCUT2D eigenvalue weighted by atomic mass is 10.2. The summed E-state index contributed by atoms with van der Waals surface area (Å²) in [5.41, 5.74) is 10.0. The average Bonchev–Trinajstić information content (AvgIpc) is 2.92. The zero-order chi connectivity index (χ0) is 11.6. The molecular weight excluding hydrogens is 206 g/mol. The van der Waals surface area contributed by atoms with Gasteiger partial charge in [0.25, 0.3) is 5.91 Å². The van der Waals surface area contributed by atoms with Gasteiger partial charge in [-0.05, 0) is 0 Å². The predicted octanol–water partition coefficient (Wildman–Crippen LogP) is -3.23. The Morgan fingerprint density at radius 2 is 2.00 bits per heavy atom. The van der Waals surface area contributed by atoms with Crippen molar-refractivity contribution in [1.82, 2.24) is 5.32 Å². The SMILES string of the molecule is NC(=O)C1O[C@H]1C(=O)NCC(N)C(=O)O. The van der Waals surface area contributed by atoms with Crippen LogP contribution >= 0.6 is 0 Å². The number of nitrogens with two attached hydrogens (primary N) is 2. The second-order valence-corrected chi connectivity index (χ2v) is 3.07. The van der Waals surface area contributed by atoms with E-state index in [4.69, 9.17) is 16.6 Å². The molecule has 0 aliphatic carbocycles. The second-order valence-electron chi connectivity index (χ2n) is 3.07. The van der Waals surface area contributed by atoms with Crippen molar-refractivity contribution in [2.45, 2.75) is 18.2 Å². The quantitative estimate of drug-likeness (QED) is 0.356. The minimum absolute atomic E-state index is 0.223. The minimum Gasteiger partial charge on any atom is -0.480 e. The maximum atomic E-state index is 11.2. The first kappa shape index (κ1) is 11.4. The van der Waals surface area contributed by atoms with Crippen LogP contribution in [0.5, 0.6) is 0 Å². The summed E-state index contributed by atoms with van der Waals surface area (Å²) in [7, 11) is 0. The van der Waals surface area contributed by atoms with E-state index in [1.807, 2.05) is 0 Å². The Morgan fingerprint density at radius 3 is 2.40 bits per heavy atom. The molecule has 0 aromatic carbocycles. The summed E-state index contributed by atoms with van der Waals surface area (Å²) in [5, 5.41) is 10.6. The summed E-state index contributed by atoms with van der Waals surface area (Å²) in [6, 6.07) is -1.18. The fraction of sp³-hybridized carbons (Fsp3) is 0.571. The highest BCUT2D eigenvalue weighted by Crippen LogP contribution is 2.21. The Kier molecular flexibility index (Phi) is 3.22. The van der Waals surface area contributed by atoms with Gasteiger partial charge >= 0.3 is 5.97 Å². The summed E-state index contributed by atoms with van der Waals surface area (Å²) >= 11 is 0. The van der Waals surface area contributed by atoms with Crippen LogP contribution in [0.15, 0.2) is 0 Å². The van der Waals surface area contributed by atoms with Gasteiger partial charge in [0.2, 0.25) is 5.91 Å². The summed E-state index contributed by atoms with van der Waals surface area (Å²) in [5.74, 6) is -2.54. The third kappa shape index (κ3) is 2.89. The molecule has 0 radical (unpaired) electrons. The Hall–Kier alpha value is -1.67. The third-order valence-corrected chi connectivity index (χ3v) is 1.84. The zero-order valence-electron chi connectivity index (χ0n) is 7.67. The number of epoxide rings is 1. The highest BCUT2D eigenvalue weighted by Gasteiger charge is 2.49. The molecule has 0 aromatic rings. The number of aliphatic carboxylic acids is 1. The average molecular weight is 217 g/mol. The fourth-order valence-corrected chi connectivity index (χ4v) is 0.927. The summed E-state index contributed by atoms with van der Waals surface area (Å²) in [4.78, 5) is 32.0. The van der Waals surface area contributed by atoms with Gasteiger partial charge in [-0.2, -0.15) is 0 Å². The van der Waals surface area contributed by atoms with Crippen LogP contribution in [0.1, 0.15) is 0 Å².